The highest BCUT2D eigenvalue weighted by atomic mass is 16.1. The lowest BCUT2D eigenvalue weighted by Crippen LogP contribution is -2.32. The first-order chi connectivity index (χ1) is 13.3. The summed E-state index contributed by atoms with van der Waals surface area (Å²) in [6.45, 7) is 0.958. The molecule has 0 bridgehead atoms. The minimum atomic E-state index is 0.000911. The molecule has 0 amide bonds. The van der Waals surface area contributed by atoms with Crippen molar-refractivity contribution in [3.05, 3.63) is 88.4 Å². The lowest BCUT2D eigenvalue weighted by atomic mass is 9.92. The summed E-state index contributed by atoms with van der Waals surface area (Å²) in [7, 11) is 0. The third-order valence-electron chi connectivity index (χ3n) is 5.51. The monoisotopic (exact) mass is 358 g/mol. The second-order valence-corrected chi connectivity index (χ2v) is 7.34. The minimum Gasteiger partial charge on any atom is -0.328 e. The van der Waals surface area contributed by atoms with E-state index in [-0.39, 0.29) is 5.56 Å². The van der Waals surface area contributed by atoms with Crippen LogP contribution >= 0.6 is 0 Å². The van der Waals surface area contributed by atoms with Crippen LogP contribution < -0.4 is 10.9 Å². The van der Waals surface area contributed by atoms with E-state index >= 15 is 0 Å². The number of nitrogens with one attached hydrogen (secondary N) is 2. The Labute approximate surface area is 160 Å². The first-order valence-electron chi connectivity index (χ1n) is 9.88. The number of hydrogen-bond donors (Lipinski definition) is 2. The summed E-state index contributed by atoms with van der Waals surface area (Å²) in [5.74, 6) is 0. The first-order valence-corrected chi connectivity index (χ1v) is 9.88. The molecule has 2 heterocycles. The molecular formula is C24H26N2O. The molecule has 0 saturated heterocycles. The van der Waals surface area contributed by atoms with Crippen LogP contribution in [0.5, 0.6) is 0 Å². The molecule has 3 heteroatoms. The molecule has 2 aromatic carbocycles. The van der Waals surface area contributed by atoms with Gasteiger partial charge in [-0.1, -0.05) is 61.0 Å². The predicted octanol–water partition coefficient (Wildman–Crippen LogP) is 4.69. The molecule has 1 aliphatic rings. The smallest absolute Gasteiger partial charge is 0.255 e. The fraction of sp³-hybridized carbons (Fsp3) is 0.292. The van der Waals surface area contributed by atoms with Crippen LogP contribution in [0.4, 0.5) is 0 Å². The number of rotatable bonds is 6. The van der Waals surface area contributed by atoms with Crippen LogP contribution in [0.1, 0.15) is 36.8 Å². The lowest BCUT2D eigenvalue weighted by Gasteiger charge is -2.24. The molecule has 0 fully saturated rings. The van der Waals surface area contributed by atoms with Gasteiger partial charge in [0.25, 0.3) is 5.56 Å². The van der Waals surface area contributed by atoms with Crippen molar-refractivity contribution in [2.75, 3.05) is 6.54 Å². The standard InChI is InChI=1S/C24H26N2O/c27-24-23-13-7-6-12-22(23)20(17-26-24)10-4-5-11-21-16-19(14-15-25-21)18-8-2-1-3-9-18/h1-3,6-9,12-14,17,21,25H,4-5,10-11,15-16H2,(H,26,27). The highest BCUT2D eigenvalue weighted by Gasteiger charge is 2.15. The Morgan fingerprint density at radius 3 is 2.56 bits per heavy atom. The van der Waals surface area contributed by atoms with Crippen LogP contribution in [-0.4, -0.2) is 17.6 Å². The molecular weight excluding hydrogens is 332 g/mol. The molecule has 0 aliphatic carbocycles. The van der Waals surface area contributed by atoms with Crippen molar-refractivity contribution in [1.29, 1.82) is 0 Å². The van der Waals surface area contributed by atoms with Gasteiger partial charge >= 0.3 is 0 Å². The molecule has 1 atom stereocenters. The van der Waals surface area contributed by atoms with Crippen molar-refractivity contribution in [3.63, 3.8) is 0 Å². The molecule has 2 N–H and O–H groups in total. The first kappa shape index (κ1) is 17.7. The van der Waals surface area contributed by atoms with Crippen LogP contribution in [0, 0.1) is 0 Å². The second-order valence-electron chi connectivity index (χ2n) is 7.34. The van der Waals surface area contributed by atoms with E-state index in [9.17, 15) is 4.79 Å². The van der Waals surface area contributed by atoms with Gasteiger partial charge in [0, 0.05) is 24.2 Å². The Kier molecular flexibility index (Phi) is 5.50. The Morgan fingerprint density at radius 1 is 0.926 bits per heavy atom. The van der Waals surface area contributed by atoms with E-state index < -0.39 is 0 Å². The van der Waals surface area contributed by atoms with Gasteiger partial charge in [-0.3, -0.25) is 4.79 Å². The average Bonchev–Trinajstić information content (AvgIpc) is 2.74. The van der Waals surface area contributed by atoms with Gasteiger partial charge in [-0.05, 0) is 53.8 Å². The molecule has 1 aromatic heterocycles. The molecule has 4 rings (SSSR count). The molecule has 138 valence electrons. The summed E-state index contributed by atoms with van der Waals surface area (Å²) < 4.78 is 0. The zero-order valence-corrected chi connectivity index (χ0v) is 15.6. The van der Waals surface area contributed by atoms with Gasteiger partial charge in [-0.2, -0.15) is 0 Å². The molecule has 0 spiro atoms. The summed E-state index contributed by atoms with van der Waals surface area (Å²) in [4.78, 5) is 14.8. The highest BCUT2D eigenvalue weighted by molar-refractivity contribution is 5.84. The van der Waals surface area contributed by atoms with Gasteiger partial charge in [-0.25, -0.2) is 0 Å². The summed E-state index contributed by atoms with van der Waals surface area (Å²) in [5, 5.41) is 5.51. The molecule has 0 saturated carbocycles. The fourth-order valence-electron chi connectivity index (χ4n) is 4.04. The Morgan fingerprint density at radius 2 is 1.70 bits per heavy atom. The van der Waals surface area contributed by atoms with Gasteiger partial charge in [0.15, 0.2) is 0 Å². The lowest BCUT2D eigenvalue weighted by molar-refractivity contribution is 0.477. The van der Waals surface area contributed by atoms with Gasteiger partial charge in [0.2, 0.25) is 0 Å². The van der Waals surface area contributed by atoms with Crippen molar-refractivity contribution < 1.29 is 0 Å². The van der Waals surface area contributed by atoms with Gasteiger partial charge in [0.05, 0.1) is 0 Å². The summed E-state index contributed by atoms with van der Waals surface area (Å²) in [6, 6.07) is 19.2. The van der Waals surface area contributed by atoms with E-state index in [2.05, 4.69) is 52.8 Å². The number of fused-ring (bicyclic) bond motifs is 1. The van der Waals surface area contributed by atoms with Crippen LogP contribution in [0.15, 0.2) is 71.7 Å². The molecule has 1 aliphatic heterocycles. The maximum absolute atomic E-state index is 11.9. The van der Waals surface area contributed by atoms with E-state index in [1.54, 1.807) is 0 Å². The number of aromatic nitrogens is 1. The van der Waals surface area contributed by atoms with Crippen LogP contribution in [-0.2, 0) is 6.42 Å². The number of aromatic amines is 1. The zero-order valence-electron chi connectivity index (χ0n) is 15.6. The fourth-order valence-corrected chi connectivity index (χ4v) is 4.04. The molecule has 1 unspecified atom stereocenters. The number of unbranched alkanes of at least 4 members (excludes halogenated alkanes) is 1. The number of aryl methyl sites for hydroxylation is 1. The van der Waals surface area contributed by atoms with Gasteiger partial charge < -0.3 is 10.3 Å². The third kappa shape index (κ3) is 4.20. The van der Waals surface area contributed by atoms with E-state index in [0.717, 1.165) is 36.6 Å². The summed E-state index contributed by atoms with van der Waals surface area (Å²) >= 11 is 0. The zero-order chi connectivity index (χ0) is 18.5. The number of H-pyrrole nitrogens is 1. The Balaban J connectivity index is 1.32. The van der Waals surface area contributed by atoms with Crippen molar-refractivity contribution >= 4 is 16.3 Å². The number of benzene rings is 2. The summed E-state index contributed by atoms with van der Waals surface area (Å²) in [6.07, 6.45) is 9.83. The SMILES string of the molecule is O=c1[nH]cc(CCCCC2CC(c3ccccc3)=CCN2)c2ccccc12. The van der Waals surface area contributed by atoms with Crippen molar-refractivity contribution in [3.8, 4) is 0 Å². The van der Waals surface area contributed by atoms with Crippen LogP contribution in [0.2, 0.25) is 0 Å². The quantitative estimate of drug-likeness (QED) is 0.628. The summed E-state index contributed by atoms with van der Waals surface area (Å²) in [5.41, 5.74) is 4.06. The maximum atomic E-state index is 11.9. The van der Waals surface area contributed by atoms with E-state index in [4.69, 9.17) is 0 Å². The van der Waals surface area contributed by atoms with Crippen molar-refractivity contribution in [2.45, 2.75) is 38.1 Å². The normalized spacial score (nSPS) is 17.0. The Hall–Kier alpha value is -2.65. The van der Waals surface area contributed by atoms with E-state index in [1.807, 2.05) is 24.4 Å². The van der Waals surface area contributed by atoms with Gasteiger partial charge in [0.1, 0.15) is 0 Å². The molecule has 0 radical (unpaired) electrons. The topological polar surface area (TPSA) is 44.9 Å². The van der Waals surface area contributed by atoms with E-state index in [1.165, 1.54) is 29.5 Å². The minimum absolute atomic E-state index is 0.000911. The van der Waals surface area contributed by atoms with Crippen LogP contribution in [0.25, 0.3) is 16.3 Å². The average molecular weight is 358 g/mol. The van der Waals surface area contributed by atoms with Crippen molar-refractivity contribution in [1.82, 2.24) is 10.3 Å². The predicted molar refractivity (Wildman–Crippen MR) is 113 cm³/mol. The van der Waals surface area contributed by atoms with E-state index in [0.29, 0.717) is 6.04 Å². The Bertz CT molecular complexity index is 988. The molecule has 27 heavy (non-hydrogen) atoms. The third-order valence-corrected chi connectivity index (χ3v) is 5.51. The number of hydrogen-bond acceptors (Lipinski definition) is 2. The molecule has 3 nitrogen and oxygen atoms in total. The number of pyridine rings is 1. The van der Waals surface area contributed by atoms with Crippen molar-refractivity contribution in [2.24, 2.45) is 0 Å². The van der Waals surface area contributed by atoms with Crippen LogP contribution in [0.3, 0.4) is 0 Å². The maximum Gasteiger partial charge on any atom is 0.255 e. The van der Waals surface area contributed by atoms with Gasteiger partial charge in [-0.15, -0.1) is 0 Å². The highest BCUT2D eigenvalue weighted by Crippen LogP contribution is 2.24. The second kappa shape index (κ2) is 8.36. The molecule has 3 aromatic rings. The largest absolute Gasteiger partial charge is 0.328 e.